The van der Waals surface area contributed by atoms with Crippen LogP contribution in [0, 0.1) is 5.92 Å². The van der Waals surface area contributed by atoms with E-state index in [-0.39, 0.29) is 12.1 Å². The van der Waals surface area contributed by atoms with E-state index in [2.05, 4.69) is 13.8 Å². The van der Waals surface area contributed by atoms with E-state index in [4.69, 9.17) is 10.5 Å². The topological polar surface area (TPSA) is 52.3 Å². The van der Waals surface area contributed by atoms with Gasteiger partial charge in [0, 0.05) is 0 Å². The number of nitrogen functional groups attached to an aromatic ring is 1. The van der Waals surface area contributed by atoms with Crippen LogP contribution in [0.2, 0.25) is 0 Å². The molecule has 0 spiro atoms. The Hall–Kier alpha value is -1.03. The van der Waals surface area contributed by atoms with Crippen LogP contribution in [0.25, 0.3) is 0 Å². The summed E-state index contributed by atoms with van der Waals surface area (Å²) in [4.78, 5) is 12.1. The van der Waals surface area contributed by atoms with Crippen molar-refractivity contribution < 1.29 is 9.53 Å². The number of carbonyl (C=O) groups is 1. The van der Waals surface area contributed by atoms with Crippen molar-refractivity contribution in [2.24, 2.45) is 5.92 Å². The minimum absolute atomic E-state index is 0.0565. The summed E-state index contributed by atoms with van der Waals surface area (Å²) in [7, 11) is 0. The molecule has 0 saturated carbocycles. The van der Waals surface area contributed by atoms with Gasteiger partial charge in [0.25, 0.3) is 0 Å². The molecule has 0 aromatic carbocycles. The molecular weight excluding hydrogens is 210 g/mol. The zero-order valence-electron chi connectivity index (χ0n) is 9.32. The lowest BCUT2D eigenvalue weighted by molar-refractivity contribution is 0.0306. The molecule has 1 aromatic heterocycles. The zero-order chi connectivity index (χ0) is 11.4. The molecule has 1 aromatic rings. The van der Waals surface area contributed by atoms with Gasteiger partial charge in [-0.1, -0.05) is 13.8 Å². The van der Waals surface area contributed by atoms with Gasteiger partial charge in [-0.3, -0.25) is 0 Å². The highest BCUT2D eigenvalue weighted by atomic mass is 32.1. The Bertz CT molecular complexity index is 333. The number of ether oxygens (including phenoxy) is 1. The molecule has 1 unspecified atom stereocenters. The third-order valence-corrected chi connectivity index (χ3v) is 2.90. The van der Waals surface area contributed by atoms with Crippen molar-refractivity contribution in [1.82, 2.24) is 0 Å². The van der Waals surface area contributed by atoms with Gasteiger partial charge in [0.05, 0.1) is 11.8 Å². The van der Waals surface area contributed by atoms with Gasteiger partial charge in [-0.15, -0.1) is 11.3 Å². The van der Waals surface area contributed by atoms with Crippen molar-refractivity contribution >= 4 is 23.0 Å². The first kappa shape index (κ1) is 12.0. The maximum Gasteiger partial charge on any atom is 0.350 e. The van der Waals surface area contributed by atoms with Crippen molar-refractivity contribution in [2.75, 3.05) is 5.73 Å². The SMILES string of the molecule is CC(C)CC(C)OC(=O)c1sccc1N. The molecule has 0 amide bonds. The molecule has 0 radical (unpaired) electrons. The average Bonchev–Trinajstić information content (AvgIpc) is 2.49. The van der Waals surface area contributed by atoms with Crippen LogP contribution in [0.15, 0.2) is 11.4 Å². The molecule has 0 aliphatic carbocycles. The molecule has 1 rings (SSSR count). The summed E-state index contributed by atoms with van der Waals surface area (Å²) in [5.41, 5.74) is 6.13. The van der Waals surface area contributed by atoms with Gasteiger partial charge in [0.15, 0.2) is 0 Å². The first-order valence-electron chi connectivity index (χ1n) is 5.04. The highest BCUT2D eigenvalue weighted by molar-refractivity contribution is 7.12. The first-order chi connectivity index (χ1) is 7.00. The fraction of sp³-hybridized carbons (Fsp3) is 0.545. The number of hydrogen-bond donors (Lipinski definition) is 1. The fourth-order valence-electron chi connectivity index (χ4n) is 1.43. The largest absolute Gasteiger partial charge is 0.458 e. The van der Waals surface area contributed by atoms with E-state index >= 15 is 0 Å². The maximum atomic E-state index is 11.6. The molecule has 3 nitrogen and oxygen atoms in total. The molecule has 0 aliphatic rings. The highest BCUT2D eigenvalue weighted by Gasteiger charge is 2.16. The second-order valence-electron chi connectivity index (χ2n) is 4.05. The molecule has 4 heteroatoms. The number of nitrogens with two attached hydrogens (primary N) is 1. The molecule has 2 N–H and O–H groups in total. The molecule has 0 saturated heterocycles. The van der Waals surface area contributed by atoms with Gasteiger partial charge < -0.3 is 10.5 Å². The van der Waals surface area contributed by atoms with Crippen LogP contribution < -0.4 is 5.73 Å². The van der Waals surface area contributed by atoms with Crippen molar-refractivity contribution in [1.29, 1.82) is 0 Å². The lowest BCUT2D eigenvalue weighted by atomic mass is 10.1. The summed E-state index contributed by atoms with van der Waals surface area (Å²) in [5.74, 6) is 0.212. The standard InChI is InChI=1S/C11H17NO2S/c1-7(2)6-8(3)14-11(13)10-9(12)4-5-15-10/h4-5,7-8H,6,12H2,1-3H3. The molecule has 0 bridgehead atoms. The van der Waals surface area contributed by atoms with Crippen molar-refractivity contribution in [3.63, 3.8) is 0 Å². The highest BCUT2D eigenvalue weighted by Crippen LogP contribution is 2.21. The van der Waals surface area contributed by atoms with Crippen molar-refractivity contribution in [3.8, 4) is 0 Å². The van der Waals surface area contributed by atoms with Crippen LogP contribution in [0.4, 0.5) is 5.69 Å². The number of rotatable bonds is 4. The van der Waals surface area contributed by atoms with E-state index in [1.807, 2.05) is 6.92 Å². The summed E-state index contributed by atoms with van der Waals surface area (Å²) in [5, 5.41) is 1.79. The minimum Gasteiger partial charge on any atom is -0.458 e. The van der Waals surface area contributed by atoms with Crippen LogP contribution in [0.3, 0.4) is 0 Å². The third-order valence-electron chi connectivity index (χ3n) is 1.99. The van der Waals surface area contributed by atoms with E-state index in [0.717, 1.165) is 6.42 Å². The number of carbonyl (C=O) groups excluding carboxylic acids is 1. The third kappa shape index (κ3) is 3.55. The monoisotopic (exact) mass is 227 g/mol. The molecule has 15 heavy (non-hydrogen) atoms. The fourth-order valence-corrected chi connectivity index (χ4v) is 2.13. The molecule has 0 fully saturated rings. The van der Waals surface area contributed by atoms with Gasteiger partial charge in [0.1, 0.15) is 4.88 Å². The smallest absolute Gasteiger partial charge is 0.350 e. The van der Waals surface area contributed by atoms with Gasteiger partial charge in [0.2, 0.25) is 0 Å². The quantitative estimate of drug-likeness (QED) is 0.805. The van der Waals surface area contributed by atoms with Crippen molar-refractivity contribution in [3.05, 3.63) is 16.3 Å². The van der Waals surface area contributed by atoms with Gasteiger partial charge in [-0.2, -0.15) is 0 Å². The number of hydrogen-bond acceptors (Lipinski definition) is 4. The van der Waals surface area contributed by atoms with Crippen LogP contribution in [0.5, 0.6) is 0 Å². The van der Waals surface area contributed by atoms with E-state index in [9.17, 15) is 4.79 Å². The van der Waals surface area contributed by atoms with E-state index in [0.29, 0.717) is 16.5 Å². The first-order valence-corrected chi connectivity index (χ1v) is 5.92. The molecular formula is C11H17NO2S. The van der Waals surface area contributed by atoms with Crippen molar-refractivity contribution in [2.45, 2.75) is 33.3 Å². The summed E-state index contributed by atoms with van der Waals surface area (Å²) in [6, 6.07) is 1.72. The molecule has 0 aliphatic heterocycles. The van der Waals surface area contributed by atoms with E-state index in [1.165, 1.54) is 11.3 Å². The molecule has 84 valence electrons. The van der Waals surface area contributed by atoms with E-state index in [1.54, 1.807) is 11.4 Å². The minimum atomic E-state index is -0.310. The van der Waals surface area contributed by atoms with Crippen LogP contribution in [-0.2, 0) is 4.74 Å². The Morgan fingerprint density at radius 3 is 2.67 bits per heavy atom. The zero-order valence-corrected chi connectivity index (χ0v) is 10.1. The molecule has 1 atom stereocenters. The summed E-state index contributed by atoms with van der Waals surface area (Å²) in [6.07, 6.45) is 0.816. The lowest BCUT2D eigenvalue weighted by Crippen LogP contribution is -2.16. The number of anilines is 1. The second-order valence-corrected chi connectivity index (χ2v) is 4.97. The Balaban J connectivity index is 2.53. The summed E-state index contributed by atoms with van der Waals surface area (Å²) in [6.45, 7) is 6.11. The Morgan fingerprint density at radius 1 is 1.53 bits per heavy atom. The Kier molecular flexibility index (Phi) is 4.15. The van der Waals surface area contributed by atoms with Crippen LogP contribution in [-0.4, -0.2) is 12.1 Å². The normalized spacial score (nSPS) is 12.8. The lowest BCUT2D eigenvalue weighted by Gasteiger charge is -2.14. The van der Waals surface area contributed by atoms with Gasteiger partial charge >= 0.3 is 5.97 Å². The Morgan fingerprint density at radius 2 is 2.20 bits per heavy atom. The summed E-state index contributed by atoms with van der Waals surface area (Å²) < 4.78 is 5.28. The maximum absolute atomic E-state index is 11.6. The second kappa shape index (κ2) is 5.16. The van der Waals surface area contributed by atoms with E-state index < -0.39 is 0 Å². The predicted octanol–water partition coefficient (Wildman–Crippen LogP) is 2.92. The van der Waals surface area contributed by atoms with Crippen LogP contribution >= 0.6 is 11.3 Å². The van der Waals surface area contributed by atoms with Crippen LogP contribution in [0.1, 0.15) is 36.9 Å². The average molecular weight is 227 g/mol. The molecule has 1 heterocycles. The Labute approximate surface area is 94.2 Å². The summed E-state index contributed by atoms with van der Waals surface area (Å²) >= 11 is 1.32. The number of esters is 1. The number of thiophene rings is 1. The van der Waals surface area contributed by atoms with Gasteiger partial charge in [-0.05, 0) is 30.7 Å². The predicted molar refractivity (Wildman–Crippen MR) is 63.1 cm³/mol. The van der Waals surface area contributed by atoms with Gasteiger partial charge in [-0.25, -0.2) is 4.79 Å².